The summed E-state index contributed by atoms with van der Waals surface area (Å²) in [6.07, 6.45) is 2.19. The van der Waals surface area contributed by atoms with E-state index < -0.39 is 0 Å². The summed E-state index contributed by atoms with van der Waals surface area (Å²) in [5.74, 6) is 0.267. The van der Waals surface area contributed by atoms with Crippen LogP contribution in [0.5, 0.6) is 0 Å². The number of benzene rings is 2. The van der Waals surface area contributed by atoms with E-state index >= 15 is 0 Å². The molecule has 1 aliphatic rings. The normalized spacial score (nSPS) is 17.0. The summed E-state index contributed by atoms with van der Waals surface area (Å²) in [5, 5.41) is 6.18. The van der Waals surface area contributed by atoms with Gasteiger partial charge in [-0.15, -0.1) is 0 Å². The van der Waals surface area contributed by atoms with Crippen LogP contribution in [0.25, 0.3) is 0 Å². The number of nitrogens with one attached hydrogen (secondary N) is 2. The molecule has 0 radical (unpaired) electrons. The summed E-state index contributed by atoms with van der Waals surface area (Å²) in [6.45, 7) is 7.38. The molecule has 1 atom stereocenters. The second kappa shape index (κ2) is 8.82. The van der Waals surface area contributed by atoms with E-state index in [4.69, 9.17) is 4.74 Å². The third kappa shape index (κ3) is 5.66. The highest BCUT2D eigenvalue weighted by Crippen LogP contribution is 2.15. The van der Waals surface area contributed by atoms with Gasteiger partial charge in [-0.25, -0.2) is 4.99 Å². The van der Waals surface area contributed by atoms with Crippen LogP contribution in [0, 0.1) is 20.8 Å². The van der Waals surface area contributed by atoms with E-state index in [1.165, 1.54) is 0 Å². The van der Waals surface area contributed by atoms with Gasteiger partial charge in [0.05, 0.1) is 12.6 Å². The van der Waals surface area contributed by atoms with E-state index in [0.29, 0.717) is 18.1 Å². The molecule has 142 valence electrons. The van der Waals surface area contributed by atoms with Gasteiger partial charge in [-0.2, -0.15) is 0 Å². The minimum atomic E-state index is -0.179. The van der Waals surface area contributed by atoms with Crippen molar-refractivity contribution in [3.05, 3.63) is 64.7 Å². The van der Waals surface area contributed by atoms with Crippen molar-refractivity contribution in [2.45, 2.75) is 39.7 Å². The molecule has 0 spiro atoms. The number of nitrogens with zero attached hydrogens (tertiary/aromatic N) is 1. The van der Waals surface area contributed by atoms with Gasteiger partial charge >= 0.3 is 0 Å². The molecule has 1 saturated heterocycles. The Labute approximate surface area is 160 Å². The molecule has 2 N–H and O–H groups in total. The Kier molecular flexibility index (Phi) is 6.24. The summed E-state index contributed by atoms with van der Waals surface area (Å²) in [6, 6.07) is 13.7. The molecule has 27 heavy (non-hydrogen) atoms. The van der Waals surface area contributed by atoms with E-state index in [1.54, 1.807) is 6.07 Å². The van der Waals surface area contributed by atoms with Crippen molar-refractivity contribution in [3.8, 4) is 0 Å². The SMILES string of the molecule is Cc1cc(C)cc(NC(=NCC2CCCO2)NC(=O)c2cccc(C)c2)c1. The minimum Gasteiger partial charge on any atom is -0.376 e. The Bertz CT molecular complexity index is 819. The Morgan fingerprint density at radius 2 is 1.89 bits per heavy atom. The fraction of sp³-hybridized carbons (Fsp3) is 0.364. The van der Waals surface area contributed by atoms with Gasteiger partial charge in [0.1, 0.15) is 0 Å². The van der Waals surface area contributed by atoms with Crippen LogP contribution in [0.1, 0.15) is 39.9 Å². The van der Waals surface area contributed by atoms with Gasteiger partial charge in [0.2, 0.25) is 5.96 Å². The summed E-state index contributed by atoms with van der Waals surface area (Å²) in [7, 11) is 0. The lowest BCUT2D eigenvalue weighted by molar-refractivity contribution is 0.0975. The van der Waals surface area contributed by atoms with Gasteiger partial charge in [0.25, 0.3) is 5.91 Å². The van der Waals surface area contributed by atoms with Crippen molar-refractivity contribution in [2.75, 3.05) is 18.5 Å². The number of anilines is 1. The van der Waals surface area contributed by atoms with E-state index in [9.17, 15) is 4.79 Å². The van der Waals surface area contributed by atoms with Crippen molar-refractivity contribution in [1.82, 2.24) is 5.32 Å². The van der Waals surface area contributed by atoms with E-state index in [-0.39, 0.29) is 12.0 Å². The van der Waals surface area contributed by atoms with Crippen LogP contribution in [0.15, 0.2) is 47.5 Å². The number of amides is 1. The number of aliphatic imine (C=N–C) groups is 1. The average Bonchev–Trinajstić information content (AvgIpc) is 3.12. The average molecular weight is 365 g/mol. The fourth-order valence-corrected chi connectivity index (χ4v) is 3.24. The summed E-state index contributed by atoms with van der Waals surface area (Å²) in [5.41, 5.74) is 4.87. The third-order valence-corrected chi connectivity index (χ3v) is 4.47. The second-order valence-corrected chi connectivity index (χ2v) is 7.15. The third-order valence-electron chi connectivity index (χ3n) is 4.47. The Morgan fingerprint density at radius 1 is 1.11 bits per heavy atom. The maximum absolute atomic E-state index is 12.7. The first-order chi connectivity index (χ1) is 13.0. The minimum absolute atomic E-state index is 0.122. The zero-order valence-electron chi connectivity index (χ0n) is 16.2. The van der Waals surface area contributed by atoms with Gasteiger partial charge in [-0.1, -0.05) is 23.8 Å². The quantitative estimate of drug-likeness (QED) is 0.636. The number of ether oxygens (including phenoxy) is 1. The van der Waals surface area contributed by atoms with Crippen LogP contribution < -0.4 is 10.6 Å². The highest BCUT2D eigenvalue weighted by Gasteiger charge is 2.16. The first-order valence-corrected chi connectivity index (χ1v) is 9.39. The van der Waals surface area contributed by atoms with E-state index in [2.05, 4.69) is 21.7 Å². The zero-order valence-corrected chi connectivity index (χ0v) is 16.2. The predicted octanol–water partition coefficient (Wildman–Crippen LogP) is 3.99. The van der Waals surface area contributed by atoms with Crippen molar-refractivity contribution >= 4 is 17.6 Å². The van der Waals surface area contributed by atoms with Gasteiger partial charge in [-0.3, -0.25) is 10.1 Å². The summed E-state index contributed by atoms with van der Waals surface area (Å²) >= 11 is 0. The van der Waals surface area contributed by atoms with Crippen LogP contribution in [0.3, 0.4) is 0 Å². The maximum atomic E-state index is 12.7. The molecule has 0 bridgehead atoms. The predicted molar refractivity (Wildman–Crippen MR) is 109 cm³/mol. The number of rotatable bonds is 4. The monoisotopic (exact) mass is 365 g/mol. The lowest BCUT2D eigenvalue weighted by Crippen LogP contribution is -2.36. The summed E-state index contributed by atoms with van der Waals surface area (Å²) < 4.78 is 5.65. The van der Waals surface area contributed by atoms with Crippen LogP contribution >= 0.6 is 0 Å². The van der Waals surface area contributed by atoms with E-state index in [0.717, 1.165) is 41.8 Å². The molecule has 2 aromatic rings. The van der Waals surface area contributed by atoms with Crippen molar-refractivity contribution in [2.24, 2.45) is 4.99 Å². The molecule has 1 aliphatic heterocycles. The number of aryl methyl sites for hydroxylation is 3. The molecule has 1 unspecified atom stereocenters. The Balaban J connectivity index is 1.77. The van der Waals surface area contributed by atoms with Gasteiger partial charge in [-0.05, 0) is 69.0 Å². The maximum Gasteiger partial charge on any atom is 0.257 e. The Hall–Kier alpha value is -2.66. The summed E-state index contributed by atoms with van der Waals surface area (Å²) in [4.78, 5) is 17.3. The highest BCUT2D eigenvalue weighted by atomic mass is 16.5. The molecule has 0 saturated carbocycles. The molecular formula is C22H27N3O2. The smallest absolute Gasteiger partial charge is 0.257 e. The van der Waals surface area contributed by atoms with Gasteiger partial charge in [0.15, 0.2) is 0 Å². The molecule has 1 fully saturated rings. The lowest BCUT2D eigenvalue weighted by Gasteiger charge is -2.14. The molecule has 0 aliphatic carbocycles. The molecule has 5 nitrogen and oxygen atoms in total. The number of hydrogen-bond acceptors (Lipinski definition) is 3. The van der Waals surface area contributed by atoms with Gasteiger partial charge < -0.3 is 10.1 Å². The van der Waals surface area contributed by atoms with Crippen molar-refractivity contribution in [1.29, 1.82) is 0 Å². The molecule has 3 rings (SSSR count). The van der Waals surface area contributed by atoms with Crippen LogP contribution in [0.2, 0.25) is 0 Å². The molecule has 1 heterocycles. The number of guanidine groups is 1. The van der Waals surface area contributed by atoms with Crippen molar-refractivity contribution < 1.29 is 9.53 Å². The largest absolute Gasteiger partial charge is 0.376 e. The van der Waals surface area contributed by atoms with Crippen LogP contribution in [0.4, 0.5) is 5.69 Å². The number of carbonyl (C=O) groups excluding carboxylic acids is 1. The van der Waals surface area contributed by atoms with Crippen molar-refractivity contribution in [3.63, 3.8) is 0 Å². The molecule has 2 aromatic carbocycles. The van der Waals surface area contributed by atoms with Gasteiger partial charge in [0, 0.05) is 17.9 Å². The molecular weight excluding hydrogens is 338 g/mol. The van der Waals surface area contributed by atoms with Crippen LogP contribution in [-0.4, -0.2) is 31.1 Å². The first-order valence-electron chi connectivity index (χ1n) is 9.39. The number of carbonyl (C=O) groups is 1. The molecule has 1 amide bonds. The Morgan fingerprint density at radius 3 is 2.56 bits per heavy atom. The molecule has 5 heteroatoms. The number of hydrogen-bond donors (Lipinski definition) is 2. The first kappa shape index (κ1) is 19.1. The molecule has 0 aromatic heterocycles. The second-order valence-electron chi connectivity index (χ2n) is 7.15. The lowest BCUT2D eigenvalue weighted by atomic mass is 10.1. The van der Waals surface area contributed by atoms with Crippen LogP contribution in [-0.2, 0) is 4.74 Å². The highest BCUT2D eigenvalue weighted by molar-refractivity contribution is 6.10. The topological polar surface area (TPSA) is 62.7 Å². The zero-order chi connectivity index (χ0) is 19.2. The fourth-order valence-electron chi connectivity index (χ4n) is 3.24. The van der Waals surface area contributed by atoms with E-state index in [1.807, 2.05) is 51.1 Å². The standard InChI is InChI=1S/C22H27N3O2/c1-15-6-4-7-18(11-15)21(26)25-22(23-14-20-8-5-9-27-20)24-19-12-16(2)10-17(3)13-19/h4,6-7,10-13,20H,5,8-9,14H2,1-3H3,(H2,23,24,25,26).